The molecule has 0 spiro atoms. The van der Waals surface area contributed by atoms with Gasteiger partial charge in [0.05, 0.1) is 22.7 Å². The van der Waals surface area contributed by atoms with Crippen molar-refractivity contribution in [3.05, 3.63) is 33.8 Å². The molecular weight excluding hydrogens is 220 g/mol. The van der Waals surface area contributed by atoms with Crippen LogP contribution in [-0.2, 0) is 13.0 Å². The number of imidazole rings is 1. The van der Waals surface area contributed by atoms with Gasteiger partial charge < -0.3 is 10.3 Å². The molecule has 5 heteroatoms. The maximum atomic E-state index is 4.42. The van der Waals surface area contributed by atoms with Crippen LogP contribution >= 0.6 is 11.3 Å². The molecule has 2 aromatic rings. The number of aromatic nitrogens is 3. The number of nitrogens with zero attached hydrogens (tertiary/aromatic N) is 2. The van der Waals surface area contributed by atoms with Crippen molar-refractivity contribution in [2.75, 3.05) is 6.54 Å². The molecule has 86 valence electrons. The molecule has 0 unspecified atom stereocenters. The van der Waals surface area contributed by atoms with E-state index < -0.39 is 0 Å². The van der Waals surface area contributed by atoms with Crippen molar-refractivity contribution in [3.63, 3.8) is 0 Å². The summed E-state index contributed by atoms with van der Waals surface area (Å²) in [6.07, 6.45) is 2.71. The molecule has 2 rings (SSSR count). The van der Waals surface area contributed by atoms with Crippen molar-refractivity contribution in [1.82, 2.24) is 20.3 Å². The van der Waals surface area contributed by atoms with Crippen molar-refractivity contribution >= 4 is 11.3 Å². The van der Waals surface area contributed by atoms with E-state index in [2.05, 4.69) is 25.6 Å². The summed E-state index contributed by atoms with van der Waals surface area (Å²) in [4.78, 5) is 11.7. The fourth-order valence-electron chi connectivity index (χ4n) is 1.51. The molecular formula is C11H16N4S. The van der Waals surface area contributed by atoms with E-state index in [4.69, 9.17) is 0 Å². The first-order valence-corrected chi connectivity index (χ1v) is 6.24. The second-order valence-electron chi connectivity index (χ2n) is 3.76. The maximum Gasteiger partial charge on any atom is 0.0925 e. The first kappa shape index (κ1) is 11.3. The fourth-order valence-corrected chi connectivity index (χ4v) is 2.16. The minimum atomic E-state index is 0.818. The van der Waals surface area contributed by atoms with E-state index in [1.807, 2.05) is 13.8 Å². The molecule has 0 saturated carbocycles. The topological polar surface area (TPSA) is 53.6 Å². The van der Waals surface area contributed by atoms with Crippen LogP contribution in [0.3, 0.4) is 0 Å². The maximum absolute atomic E-state index is 4.42. The highest BCUT2D eigenvalue weighted by Gasteiger charge is 2.01. The van der Waals surface area contributed by atoms with E-state index in [1.54, 1.807) is 17.7 Å². The highest BCUT2D eigenvalue weighted by molar-refractivity contribution is 7.09. The van der Waals surface area contributed by atoms with Crippen molar-refractivity contribution in [2.24, 2.45) is 0 Å². The van der Waals surface area contributed by atoms with Gasteiger partial charge in [0.1, 0.15) is 0 Å². The number of H-pyrrole nitrogens is 1. The average Bonchev–Trinajstić information content (AvgIpc) is 2.83. The first-order valence-electron chi connectivity index (χ1n) is 5.36. The van der Waals surface area contributed by atoms with Gasteiger partial charge in [-0.1, -0.05) is 0 Å². The lowest BCUT2D eigenvalue weighted by Crippen LogP contribution is -2.17. The quantitative estimate of drug-likeness (QED) is 0.779. The largest absolute Gasteiger partial charge is 0.348 e. The molecule has 0 saturated heterocycles. The average molecular weight is 236 g/mol. The smallest absolute Gasteiger partial charge is 0.0925 e. The van der Waals surface area contributed by atoms with E-state index in [-0.39, 0.29) is 0 Å². The Morgan fingerprint density at radius 3 is 2.94 bits per heavy atom. The third kappa shape index (κ3) is 2.90. The van der Waals surface area contributed by atoms with Gasteiger partial charge in [0, 0.05) is 30.6 Å². The number of rotatable bonds is 5. The van der Waals surface area contributed by atoms with Gasteiger partial charge in [0.25, 0.3) is 0 Å². The number of hydrogen-bond donors (Lipinski definition) is 2. The highest BCUT2D eigenvalue weighted by atomic mass is 32.1. The molecule has 0 radical (unpaired) electrons. The van der Waals surface area contributed by atoms with Crippen LogP contribution in [0, 0.1) is 13.8 Å². The Bertz CT molecular complexity index is 446. The van der Waals surface area contributed by atoms with Gasteiger partial charge in [0.2, 0.25) is 0 Å². The Kier molecular flexibility index (Phi) is 3.69. The number of thiazole rings is 1. The molecule has 16 heavy (non-hydrogen) atoms. The van der Waals surface area contributed by atoms with Gasteiger partial charge in [0.15, 0.2) is 0 Å². The molecule has 0 aliphatic heterocycles. The zero-order chi connectivity index (χ0) is 11.4. The Balaban J connectivity index is 1.71. The third-order valence-electron chi connectivity index (χ3n) is 2.45. The molecule has 0 atom stereocenters. The zero-order valence-corrected chi connectivity index (χ0v) is 10.4. The number of aromatic amines is 1. The molecule has 0 fully saturated rings. The number of nitrogens with one attached hydrogen (secondary N) is 2. The van der Waals surface area contributed by atoms with Gasteiger partial charge in [-0.25, -0.2) is 9.97 Å². The Morgan fingerprint density at radius 1 is 1.44 bits per heavy atom. The molecule has 4 nitrogen and oxygen atoms in total. The monoisotopic (exact) mass is 236 g/mol. The lowest BCUT2D eigenvalue weighted by atomic mass is 10.3. The SMILES string of the molecule is Cc1nc(CCNCc2nc[nH]c2C)cs1. The predicted octanol–water partition coefficient (Wildman–Crippen LogP) is 1.82. The van der Waals surface area contributed by atoms with Gasteiger partial charge >= 0.3 is 0 Å². The standard InChI is InChI=1S/C11H16N4S/c1-8-11(14-7-13-8)5-12-4-3-10-6-16-9(2)15-10/h6-7,12H,3-5H2,1-2H3,(H,13,14). The molecule has 2 aromatic heterocycles. The van der Waals surface area contributed by atoms with Gasteiger partial charge in [-0.15, -0.1) is 11.3 Å². The van der Waals surface area contributed by atoms with Crippen LogP contribution in [0.2, 0.25) is 0 Å². The summed E-state index contributed by atoms with van der Waals surface area (Å²) < 4.78 is 0. The minimum Gasteiger partial charge on any atom is -0.348 e. The van der Waals surface area contributed by atoms with Crippen molar-refractivity contribution in [3.8, 4) is 0 Å². The highest BCUT2D eigenvalue weighted by Crippen LogP contribution is 2.07. The van der Waals surface area contributed by atoms with Crippen LogP contribution in [-0.4, -0.2) is 21.5 Å². The normalized spacial score (nSPS) is 10.9. The van der Waals surface area contributed by atoms with Crippen LogP contribution in [0.25, 0.3) is 0 Å². The lowest BCUT2D eigenvalue weighted by Gasteiger charge is -2.01. The third-order valence-corrected chi connectivity index (χ3v) is 3.27. The van der Waals surface area contributed by atoms with Crippen molar-refractivity contribution < 1.29 is 0 Å². The summed E-state index contributed by atoms with van der Waals surface area (Å²) in [5.74, 6) is 0. The second kappa shape index (κ2) is 5.23. The van der Waals surface area contributed by atoms with E-state index in [0.29, 0.717) is 0 Å². The van der Waals surface area contributed by atoms with Crippen LogP contribution in [0.4, 0.5) is 0 Å². The Morgan fingerprint density at radius 2 is 2.31 bits per heavy atom. The summed E-state index contributed by atoms with van der Waals surface area (Å²) in [6.45, 7) is 5.83. The number of aryl methyl sites for hydroxylation is 2. The van der Waals surface area contributed by atoms with E-state index in [0.717, 1.165) is 35.9 Å². The second-order valence-corrected chi connectivity index (χ2v) is 4.82. The van der Waals surface area contributed by atoms with E-state index in [1.165, 1.54) is 5.69 Å². The zero-order valence-electron chi connectivity index (χ0n) is 9.58. The molecule has 2 N–H and O–H groups in total. The van der Waals surface area contributed by atoms with Gasteiger partial charge in [-0.05, 0) is 13.8 Å². The molecule has 0 amide bonds. The summed E-state index contributed by atoms with van der Waals surface area (Å²) in [6, 6.07) is 0. The lowest BCUT2D eigenvalue weighted by molar-refractivity contribution is 0.669. The summed E-state index contributed by atoms with van der Waals surface area (Å²) >= 11 is 1.71. The first-order chi connectivity index (χ1) is 7.75. The minimum absolute atomic E-state index is 0.818. The molecule has 0 aliphatic rings. The van der Waals surface area contributed by atoms with Crippen LogP contribution in [0.5, 0.6) is 0 Å². The molecule has 0 aliphatic carbocycles. The van der Waals surface area contributed by atoms with Crippen LogP contribution in [0.1, 0.15) is 22.1 Å². The summed E-state index contributed by atoms with van der Waals surface area (Å²) in [7, 11) is 0. The Hall–Kier alpha value is -1.20. The molecule has 2 heterocycles. The van der Waals surface area contributed by atoms with E-state index in [9.17, 15) is 0 Å². The van der Waals surface area contributed by atoms with Gasteiger partial charge in [-0.2, -0.15) is 0 Å². The van der Waals surface area contributed by atoms with Crippen LogP contribution < -0.4 is 5.32 Å². The molecule has 0 aromatic carbocycles. The number of hydrogen-bond acceptors (Lipinski definition) is 4. The van der Waals surface area contributed by atoms with Gasteiger partial charge in [-0.3, -0.25) is 0 Å². The molecule has 0 bridgehead atoms. The van der Waals surface area contributed by atoms with E-state index >= 15 is 0 Å². The fraction of sp³-hybridized carbons (Fsp3) is 0.455. The van der Waals surface area contributed by atoms with Crippen LogP contribution in [0.15, 0.2) is 11.7 Å². The summed E-state index contributed by atoms with van der Waals surface area (Å²) in [5, 5.41) is 6.63. The summed E-state index contributed by atoms with van der Waals surface area (Å²) in [5.41, 5.74) is 3.40. The Labute approximate surface area is 99.2 Å². The predicted molar refractivity (Wildman–Crippen MR) is 65.6 cm³/mol. The van der Waals surface area contributed by atoms with Crippen molar-refractivity contribution in [2.45, 2.75) is 26.8 Å². The van der Waals surface area contributed by atoms with Crippen molar-refractivity contribution in [1.29, 1.82) is 0 Å².